The molecular weight excluding hydrogens is 927 g/mol. The molecule has 71 heavy (non-hydrogen) atoms. The smallest absolute Gasteiger partial charge is 0.355 e. The summed E-state index contributed by atoms with van der Waals surface area (Å²) in [7, 11) is 0. The third-order valence-corrected chi connectivity index (χ3v) is 14.9. The van der Waals surface area contributed by atoms with Gasteiger partial charge in [0.1, 0.15) is 33.9 Å². The molecule has 3 atom stereocenters. The summed E-state index contributed by atoms with van der Waals surface area (Å²) < 4.78 is 11.9. The predicted molar refractivity (Wildman–Crippen MR) is 279 cm³/mol. The van der Waals surface area contributed by atoms with Gasteiger partial charge in [-0.15, -0.1) is 23.1 Å². The van der Waals surface area contributed by atoms with E-state index in [0.717, 1.165) is 51.8 Å². The third kappa shape index (κ3) is 9.28. The molecule has 10 rings (SSSR count). The Morgan fingerprint density at radius 1 is 0.704 bits per heavy atom. The van der Waals surface area contributed by atoms with Crippen LogP contribution in [0.1, 0.15) is 72.7 Å². The summed E-state index contributed by atoms with van der Waals surface area (Å²) >= 11 is 2.79. The van der Waals surface area contributed by atoms with Crippen molar-refractivity contribution in [1.82, 2.24) is 15.2 Å². The molecule has 3 aliphatic rings. The average molecular weight is 980 g/mol. The molecule has 6 aromatic carbocycles. The number of amides is 2. The van der Waals surface area contributed by atoms with Crippen molar-refractivity contribution in [3.63, 3.8) is 0 Å². The van der Waals surface area contributed by atoms with Crippen LogP contribution in [-0.2, 0) is 39.8 Å². The number of thioether (sulfide) groups is 1. The van der Waals surface area contributed by atoms with Gasteiger partial charge in [0.05, 0.1) is 6.10 Å². The van der Waals surface area contributed by atoms with Crippen LogP contribution in [-0.4, -0.2) is 68.9 Å². The first kappa shape index (κ1) is 47.4. The van der Waals surface area contributed by atoms with Gasteiger partial charge >= 0.3 is 5.97 Å². The SMILES string of the molecule is CC(C)(C)OC(=O)C1=C([C@H]2CCCO2)CS[C@@H]2[C@H](NC(=O)/C(=N/OC(c3ccccc3)(c3ccccc3)c3ccccc3)c3csc(NC(c4ccccc4)(c4ccccc4)c4ccccc4)n3)C(=O)N12. The Hall–Kier alpha value is -7.32. The molecule has 7 aromatic rings. The lowest BCUT2D eigenvalue weighted by Crippen LogP contribution is -2.71. The van der Waals surface area contributed by atoms with E-state index in [2.05, 4.69) is 47.0 Å². The molecular formula is C58H53N5O6S2. The van der Waals surface area contributed by atoms with E-state index >= 15 is 4.79 Å². The second-order valence-electron chi connectivity index (χ2n) is 18.6. The second kappa shape index (κ2) is 20.2. The maximum absolute atomic E-state index is 15.2. The molecule has 0 unspecified atom stereocenters. The van der Waals surface area contributed by atoms with Crippen LogP contribution in [0.25, 0.3) is 0 Å². The number of ether oxygens (including phenoxy) is 2. The number of oxime groups is 1. The van der Waals surface area contributed by atoms with Gasteiger partial charge < -0.3 is 24.9 Å². The summed E-state index contributed by atoms with van der Waals surface area (Å²) in [6.45, 7) is 5.95. The van der Waals surface area contributed by atoms with Crippen molar-refractivity contribution in [2.45, 2.75) is 67.9 Å². The fourth-order valence-electron chi connectivity index (χ4n) is 9.64. The predicted octanol–water partition coefficient (Wildman–Crippen LogP) is 10.4. The van der Waals surface area contributed by atoms with E-state index in [0.29, 0.717) is 17.5 Å². The Labute approximate surface area is 422 Å². The van der Waals surface area contributed by atoms with Gasteiger partial charge in [0, 0.05) is 34.4 Å². The third-order valence-electron chi connectivity index (χ3n) is 12.9. The standard InChI is InChI=1S/C58H53N5O6S2/c1-56(2,3)68-54(66)50-45(47-35-22-36-67-47)37-70-53-49(52(65)63(50)53)60-51(64)48(62-69-58(42-29-16-7-17-30-42,43-31-18-8-19-32-43)44-33-20-9-21-34-44)46-38-71-55(59-46)61-57(39-23-10-4-11-24-39,40-25-12-5-13-26-40)41-27-14-6-15-28-41/h4-21,23-34,38,47,49,53H,22,35-37H2,1-3H3,(H,59,61)(H,60,64)/b62-48+/t47-,49-,53-/m1/s1. The molecule has 3 aliphatic heterocycles. The van der Waals surface area contributed by atoms with E-state index in [1.807, 2.05) is 146 Å². The lowest BCUT2D eigenvalue weighted by atomic mass is 9.77. The van der Waals surface area contributed by atoms with Gasteiger partial charge in [-0.2, -0.15) is 0 Å². The molecule has 2 N–H and O–H groups in total. The van der Waals surface area contributed by atoms with Crippen molar-refractivity contribution >= 4 is 51.7 Å². The fourth-order valence-corrected chi connectivity index (χ4v) is 11.8. The van der Waals surface area contributed by atoms with Crippen LogP contribution < -0.4 is 10.6 Å². The molecule has 2 saturated heterocycles. The van der Waals surface area contributed by atoms with Crippen molar-refractivity contribution in [2.24, 2.45) is 5.16 Å². The maximum Gasteiger partial charge on any atom is 0.355 e. The number of anilines is 1. The van der Waals surface area contributed by atoms with Crippen molar-refractivity contribution < 1.29 is 28.7 Å². The molecule has 0 saturated carbocycles. The monoisotopic (exact) mass is 979 g/mol. The van der Waals surface area contributed by atoms with Crippen molar-refractivity contribution in [3.05, 3.63) is 238 Å². The molecule has 358 valence electrons. The molecule has 13 heteroatoms. The average Bonchev–Trinajstić information content (AvgIpc) is 4.13. The number of nitrogens with zero attached hydrogens (tertiary/aromatic N) is 3. The quantitative estimate of drug-likeness (QED) is 0.0339. The highest BCUT2D eigenvalue weighted by atomic mass is 32.2. The minimum Gasteiger partial charge on any atom is -0.455 e. The van der Waals surface area contributed by atoms with Crippen molar-refractivity contribution in [3.8, 4) is 0 Å². The topological polar surface area (TPSA) is 131 Å². The number of nitrogens with one attached hydrogen (secondary N) is 2. The highest BCUT2D eigenvalue weighted by Crippen LogP contribution is 2.45. The first-order valence-corrected chi connectivity index (χ1v) is 25.7. The van der Waals surface area contributed by atoms with E-state index in [1.165, 1.54) is 28.0 Å². The number of carbonyl (C=O) groups excluding carboxylic acids is 3. The van der Waals surface area contributed by atoms with Crippen LogP contribution in [0.5, 0.6) is 0 Å². The fraction of sp³-hybridized carbons (Fsp3) is 0.224. The van der Waals surface area contributed by atoms with Crippen LogP contribution in [0.15, 0.2) is 204 Å². The minimum absolute atomic E-state index is 0.152. The molecule has 0 spiro atoms. The normalized spacial score (nSPS) is 18.3. The van der Waals surface area contributed by atoms with Gasteiger partial charge in [-0.05, 0) is 55.9 Å². The second-order valence-corrected chi connectivity index (χ2v) is 20.5. The molecule has 11 nitrogen and oxygen atoms in total. The van der Waals surface area contributed by atoms with Gasteiger partial charge in [-0.25, -0.2) is 9.78 Å². The first-order chi connectivity index (χ1) is 34.6. The molecule has 0 aliphatic carbocycles. The number of thiazole rings is 1. The van der Waals surface area contributed by atoms with Gasteiger partial charge in [-0.1, -0.05) is 187 Å². The number of hydrogen-bond donors (Lipinski definition) is 2. The van der Waals surface area contributed by atoms with Crippen LogP contribution >= 0.6 is 23.1 Å². The summed E-state index contributed by atoms with van der Waals surface area (Å²) in [5.41, 5.74) is 3.15. The Balaban J connectivity index is 1.07. The van der Waals surface area contributed by atoms with Crippen molar-refractivity contribution in [2.75, 3.05) is 17.7 Å². The van der Waals surface area contributed by atoms with Gasteiger partial charge in [0.2, 0.25) is 5.60 Å². The molecule has 2 fully saturated rings. The van der Waals surface area contributed by atoms with Crippen molar-refractivity contribution in [1.29, 1.82) is 0 Å². The summed E-state index contributed by atoms with van der Waals surface area (Å²) in [6, 6.07) is 58.8. The molecule has 0 radical (unpaired) electrons. The Morgan fingerprint density at radius 3 is 1.63 bits per heavy atom. The van der Waals surface area contributed by atoms with Gasteiger partial charge in [0.15, 0.2) is 10.8 Å². The van der Waals surface area contributed by atoms with Crippen LogP contribution in [0.4, 0.5) is 5.13 Å². The zero-order valence-corrected chi connectivity index (χ0v) is 41.2. The Morgan fingerprint density at radius 2 is 1.18 bits per heavy atom. The summed E-state index contributed by atoms with van der Waals surface area (Å²) in [4.78, 5) is 57.3. The lowest BCUT2D eigenvalue weighted by molar-refractivity contribution is -0.159. The zero-order chi connectivity index (χ0) is 49.0. The first-order valence-electron chi connectivity index (χ1n) is 23.7. The molecule has 2 amide bonds. The highest BCUT2D eigenvalue weighted by Gasteiger charge is 2.56. The summed E-state index contributed by atoms with van der Waals surface area (Å²) in [5, 5.41) is 13.4. The van der Waals surface area contributed by atoms with Gasteiger partial charge in [-0.3, -0.25) is 14.5 Å². The minimum atomic E-state index is -1.34. The number of hydrogen-bond acceptors (Lipinski definition) is 11. The summed E-state index contributed by atoms with van der Waals surface area (Å²) in [5.74, 6) is -1.30. The van der Waals surface area contributed by atoms with Gasteiger partial charge in [0.25, 0.3) is 11.8 Å². The number of aromatic nitrogens is 1. The molecule has 0 bridgehead atoms. The Kier molecular flexibility index (Phi) is 13.5. The van der Waals surface area contributed by atoms with E-state index in [9.17, 15) is 9.59 Å². The number of benzene rings is 6. The number of esters is 1. The number of rotatable bonds is 15. The molecule has 4 heterocycles. The van der Waals surface area contributed by atoms with E-state index in [1.54, 1.807) is 26.2 Å². The van der Waals surface area contributed by atoms with E-state index in [4.69, 9.17) is 24.5 Å². The maximum atomic E-state index is 15.2. The number of fused-ring (bicyclic) bond motifs is 1. The highest BCUT2D eigenvalue weighted by molar-refractivity contribution is 8.00. The number of β-lactam (4-membered cyclic amide) rings is 1. The molecule has 1 aromatic heterocycles. The zero-order valence-electron chi connectivity index (χ0n) is 39.6. The van der Waals surface area contributed by atoms with Crippen LogP contribution in [0.3, 0.4) is 0 Å². The van der Waals surface area contributed by atoms with Crippen LogP contribution in [0.2, 0.25) is 0 Å². The van der Waals surface area contributed by atoms with E-state index in [-0.39, 0.29) is 23.2 Å². The largest absolute Gasteiger partial charge is 0.455 e. The summed E-state index contributed by atoms with van der Waals surface area (Å²) in [6.07, 6.45) is 1.28. The van der Waals surface area contributed by atoms with Crippen LogP contribution in [0, 0.1) is 0 Å². The number of carbonyl (C=O) groups is 3. The lowest BCUT2D eigenvalue weighted by Gasteiger charge is -2.50. The van der Waals surface area contributed by atoms with E-state index < -0.39 is 45.9 Å². The Bertz CT molecular complexity index is 2860.